The van der Waals surface area contributed by atoms with Gasteiger partial charge in [-0.2, -0.15) is 0 Å². The summed E-state index contributed by atoms with van der Waals surface area (Å²) in [4.78, 5) is 26.4. The maximum atomic E-state index is 11.2. The van der Waals surface area contributed by atoms with Crippen molar-refractivity contribution in [3.8, 4) is 0 Å². The Bertz CT molecular complexity index is 571. The SMILES string of the molecule is NC(=O)c1cc2c(=O)[nH]sc2nc1N. The number of aromatic nitrogens is 2. The lowest BCUT2D eigenvalue weighted by Crippen LogP contribution is -2.15. The number of nitrogen functional groups attached to an aromatic ring is 1. The molecule has 0 bridgehead atoms. The van der Waals surface area contributed by atoms with Crippen LogP contribution in [0, 0.1) is 0 Å². The van der Waals surface area contributed by atoms with Crippen molar-refractivity contribution in [3.05, 3.63) is 22.0 Å². The van der Waals surface area contributed by atoms with Crippen LogP contribution in [0.5, 0.6) is 0 Å². The second-order valence-corrected chi connectivity index (χ2v) is 3.47. The van der Waals surface area contributed by atoms with Crippen molar-refractivity contribution < 1.29 is 4.79 Å². The van der Waals surface area contributed by atoms with E-state index in [0.29, 0.717) is 10.2 Å². The second kappa shape index (κ2) is 2.81. The molecular formula is C7H6N4O2S. The van der Waals surface area contributed by atoms with Crippen LogP contribution in [0.15, 0.2) is 10.9 Å². The molecule has 0 aliphatic heterocycles. The molecule has 5 N–H and O–H groups in total. The van der Waals surface area contributed by atoms with Crippen molar-refractivity contribution in [1.82, 2.24) is 9.36 Å². The number of primary amides is 1. The number of aromatic amines is 1. The quantitative estimate of drug-likeness (QED) is 0.597. The molecule has 72 valence electrons. The van der Waals surface area contributed by atoms with Crippen LogP contribution in [0.3, 0.4) is 0 Å². The first-order valence-corrected chi connectivity index (χ1v) is 4.48. The maximum absolute atomic E-state index is 11.2. The topological polar surface area (TPSA) is 115 Å². The minimum atomic E-state index is -0.692. The van der Waals surface area contributed by atoms with Gasteiger partial charge in [0.2, 0.25) is 0 Å². The molecule has 2 aromatic heterocycles. The predicted molar refractivity (Wildman–Crippen MR) is 53.2 cm³/mol. The number of pyridine rings is 1. The van der Waals surface area contributed by atoms with Gasteiger partial charge >= 0.3 is 0 Å². The zero-order chi connectivity index (χ0) is 10.3. The van der Waals surface area contributed by atoms with Crippen LogP contribution in [0.25, 0.3) is 10.2 Å². The van der Waals surface area contributed by atoms with Gasteiger partial charge in [-0.05, 0) is 17.6 Å². The molecule has 0 aliphatic carbocycles. The van der Waals surface area contributed by atoms with Gasteiger partial charge in [-0.3, -0.25) is 14.0 Å². The van der Waals surface area contributed by atoms with Gasteiger partial charge in [-0.1, -0.05) is 0 Å². The molecular weight excluding hydrogens is 204 g/mol. The summed E-state index contributed by atoms with van der Waals surface area (Å²) in [5.74, 6) is -0.650. The largest absolute Gasteiger partial charge is 0.383 e. The molecule has 0 radical (unpaired) electrons. The Morgan fingerprint density at radius 1 is 1.57 bits per heavy atom. The van der Waals surface area contributed by atoms with Crippen LogP contribution in [0.2, 0.25) is 0 Å². The summed E-state index contributed by atoms with van der Waals surface area (Å²) < 4.78 is 2.49. The summed E-state index contributed by atoms with van der Waals surface area (Å²) in [7, 11) is 0. The Balaban J connectivity index is 2.87. The molecule has 0 spiro atoms. The van der Waals surface area contributed by atoms with E-state index in [4.69, 9.17) is 11.5 Å². The molecule has 7 heteroatoms. The van der Waals surface area contributed by atoms with Crippen LogP contribution in [0.4, 0.5) is 5.82 Å². The number of anilines is 1. The van der Waals surface area contributed by atoms with Crippen LogP contribution >= 0.6 is 11.5 Å². The van der Waals surface area contributed by atoms with Gasteiger partial charge in [-0.25, -0.2) is 4.98 Å². The number of fused-ring (bicyclic) bond motifs is 1. The lowest BCUT2D eigenvalue weighted by atomic mass is 10.2. The molecule has 0 fully saturated rings. The number of hydrogen-bond donors (Lipinski definition) is 3. The van der Waals surface area contributed by atoms with Gasteiger partial charge in [0.1, 0.15) is 10.6 Å². The third-order valence-electron chi connectivity index (χ3n) is 1.77. The highest BCUT2D eigenvalue weighted by atomic mass is 32.1. The average Bonchev–Trinajstić information content (AvgIpc) is 2.46. The fraction of sp³-hybridized carbons (Fsp3) is 0. The third-order valence-corrected chi connectivity index (χ3v) is 2.56. The number of carbonyl (C=O) groups is 1. The first kappa shape index (κ1) is 8.70. The van der Waals surface area contributed by atoms with Gasteiger partial charge < -0.3 is 11.5 Å². The molecule has 0 saturated carbocycles. The van der Waals surface area contributed by atoms with Crippen LogP contribution < -0.4 is 17.0 Å². The van der Waals surface area contributed by atoms with Gasteiger partial charge in [-0.15, -0.1) is 0 Å². The fourth-order valence-electron chi connectivity index (χ4n) is 1.10. The number of carbonyl (C=O) groups excluding carboxylic acids is 1. The first-order valence-electron chi connectivity index (χ1n) is 3.67. The summed E-state index contributed by atoms with van der Waals surface area (Å²) in [5, 5.41) is 0.331. The summed E-state index contributed by atoms with van der Waals surface area (Å²) in [6, 6.07) is 1.36. The standard InChI is InChI=1S/C7H6N4O2S/c8-4-2(5(9)12)1-3-6(13)11-14-7(3)10-4/h1H,(H2,8,10)(H2,9,12)(H,11,13). The van der Waals surface area contributed by atoms with Gasteiger partial charge in [0.25, 0.3) is 11.5 Å². The maximum Gasteiger partial charge on any atom is 0.267 e. The molecule has 2 aromatic rings. The molecule has 2 rings (SSSR count). The normalized spacial score (nSPS) is 10.6. The minimum absolute atomic E-state index is 0.0419. The van der Waals surface area contributed by atoms with E-state index in [-0.39, 0.29) is 16.9 Å². The zero-order valence-corrected chi connectivity index (χ0v) is 7.72. The smallest absolute Gasteiger partial charge is 0.267 e. The molecule has 6 nitrogen and oxygen atoms in total. The number of nitrogens with two attached hydrogens (primary N) is 2. The Kier molecular flexibility index (Phi) is 1.74. The Labute approximate surface area is 81.7 Å². The molecule has 0 saturated heterocycles. The molecule has 0 aromatic carbocycles. The number of amides is 1. The van der Waals surface area contributed by atoms with Crippen LogP contribution in [-0.4, -0.2) is 15.3 Å². The lowest BCUT2D eigenvalue weighted by Gasteiger charge is -1.98. The highest BCUT2D eigenvalue weighted by molar-refractivity contribution is 7.12. The third kappa shape index (κ3) is 1.14. The Morgan fingerprint density at radius 3 is 2.93 bits per heavy atom. The van der Waals surface area contributed by atoms with E-state index < -0.39 is 5.91 Å². The number of hydrogen-bond acceptors (Lipinski definition) is 5. The highest BCUT2D eigenvalue weighted by Gasteiger charge is 2.11. The van der Waals surface area contributed by atoms with E-state index in [1.807, 2.05) is 0 Å². The summed E-state index contributed by atoms with van der Waals surface area (Å²) in [5.41, 5.74) is 10.3. The van der Waals surface area contributed by atoms with Gasteiger partial charge in [0.05, 0.1) is 10.9 Å². The Hall–Kier alpha value is -1.89. The predicted octanol–water partition coefficient (Wildman–Crippen LogP) is -0.334. The van der Waals surface area contributed by atoms with Gasteiger partial charge in [0.15, 0.2) is 0 Å². The van der Waals surface area contributed by atoms with Crippen molar-refractivity contribution >= 4 is 33.5 Å². The van der Waals surface area contributed by atoms with E-state index in [0.717, 1.165) is 11.5 Å². The van der Waals surface area contributed by atoms with E-state index in [1.165, 1.54) is 6.07 Å². The molecule has 14 heavy (non-hydrogen) atoms. The summed E-state index contributed by atoms with van der Waals surface area (Å²) in [6.07, 6.45) is 0. The van der Waals surface area contributed by atoms with Crippen LogP contribution in [-0.2, 0) is 0 Å². The Morgan fingerprint density at radius 2 is 2.29 bits per heavy atom. The summed E-state index contributed by atoms with van der Waals surface area (Å²) in [6.45, 7) is 0. The van der Waals surface area contributed by atoms with Gasteiger partial charge in [0, 0.05) is 0 Å². The average molecular weight is 210 g/mol. The van der Waals surface area contributed by atoms with Crippen LogP contribution in [0.1, 0.15) is 10.4 Å². The monoisotopic (exact) mass is 210 g/mol. The molecule has 0 unspecified atom stereocenters. The zero-order valence-electron chi connectivity index (χ0n) is 6.90. The summed E-state index contributed by atoms with van der Waals surface area (Å²) >= 11 is 1.07. The van der Waals surface area contributed by atoms with E-state index in [1.54, 1.807) is 0 Å². The highest BCUT2D eigenvalue weighted by Crippen LogP contribution is 2.17. The first-order chi connectivity index (χ1) is 6.59. The van der Waals surface area contributed by atoms with E-state index in [2.05, 4.69) is 9.36 Å². The van der Waals surface area contributed by atoms with E-state index in [9.17, 15) is 9.59 Å². The number of nitrogens with zero attached hydrogens (tertiary/aromatic N) is 1. The molecule has 0 atom stereocenters. The van der Waals surface area contributed by atoms with Crippen molar-refractivity contribution in [1.29, 1.82) is 0 Å². The number of H-pyrrole nitrogens is 1. The fourth-order valence-corrected chi connectivity index (χ4v) is 1.80. The minimum Gasteiger partial charge on any atom is -0.383 e. The van der Waals surface area contributed by atoms with Crippen molar-refractivity contribution in [2.45, 2.75) is 0 Å². The molecule has 2 heterocycles. The van der Waals surface area contributed by atoms with E-state index >= 15 is 0 Å². The van der Waals surface area contributed by atoms with Crippen molar-refractivity contribution in [3.63, 3.8) is 0 Å². The number of nitrogens with one attached hydrogen (secondary N) is 1. The molecule has 0 aliphatic rings. The second-order valence-electron chi connectivity index (χ2n) is 2.67. The van der Waals surface area contributed by atoms with Crippen molar-refractivity contribution in [2.24, 2.45) is 5.73 Å². The molecule has 1 amide bonds. The number of rotatable bonds is 1. The lowest BCUT2D eigenvalue weighted by molar-refractivity contribution is 0.100. The van der Waals surface area contributed by atoms with Crippen molar-refractivity contribution in [2.75, 3.05) is 5.73 Å².